The molecule has 3 N–H and O–H groups in total. The molecule has 4 aliphatic rings. The average molecular weight is 477 g/mol. The molecule has 33 heavy (non-hydrogen) atoms. The van der Waals surface area contributed by atoms with Crippen LogP contribution in [0.25, 0.3) is 0 Å². The fraction of sp³-hybridized carbons (Fsp3) is 0.652. The molecule has 180 valence electrons. The van der Waals surface area contributed by atoms with E-state index < -0.39 is 22.0 Å². The molecule has 0 radical (unpaired) electrons. The minimum Gasteiger partial charge on any atom is -0.479 e. The molecule has 10 heteroatoms. The summed E-state index contributed by atoms with van der Waals surface area (Å²) in [6.07, 6.45) is 3.94. The minimum atomic E-state index is -3.36. The van der Waals surface area contributed by atoms with Gasteiger partial charge < -0.3 is 20.7 Å². The van der Waals surface area contributed by atoms with Gasteiger partial charge in [0, 0.05) is 23.7 Å². The van der Waals surface area contributed by atoms with Crippen LogP contribution in [-0.4, -0.2) is 67.6 Å². The number of ether oxygens (including phenoxy) is 1. The van der Waals surface area contributed by atoms with Gasteiger partial charge >= 0.3 is 0 Å². The number of primary amides is 1. The predicted octanol–water partition coefficient (Wildman–Crippen LogP) is 1.22. The van der Waals surface area contributed by atoms with Crippen LogP contribution in [0.2, 0.25) is 0 Å². The number of piperidine rings is 2. The van der Waals surface area contributed by atoms with E-state index in [0.29, 0.717) is 29.8 Å². The van der Waals surface area contributed by atoms with Crippen molar-refractivity contribution in [1.29, 1.82) is 0 Å². The van der Waals surface area contributed by atoms with Crippen molar-refractivity contribution >= 4 is 27.5 Å². The molecular formula is C23H32N4O5S. The molecular weight excluding hydrogens is 444 g/mol. The van der Waals surface area contributed by atoms with E-state index in [9.17, 15) is 18.0 Å². The summed E-state index contributed by atoms with van der Waals surface area (Å²) in [6, 6.07) is 4.54. The van der Waals surface area contributed by atoms with Gasteiger partial charge in [0.2, 0.25) is 15.9 Å². The fourth-order valence-corrected chi connectivity index (χ4v) is 8.49. The van der Waals surface area contributed by atoms with Gasteiger partial charge in [0.15, 0.2) is 6.10 Å². The highest BCUT2D eigenvalue weighted by molar-refractivity contribution is 7.89. The Morgan fingerprint density at radius 2 is 1.79 bits per heavy atom. The summed E-state index contributed by atoms with van der Waals surface area (Å²) < 4.78 is 34.3. The fourth-order valence-electron chi connectivity index (χ4n) is 6.09. The number of nitrogens with one attached hydrogen (secondary N) is 1. The molecule has 4 aliphatic heterocycles. The first-order valence-electron chi connectivity index (χ1n) is 11.9. The number of sulfonamides is 1. The lowest BCUT2D eigenvalue weighted by Gasteiger charge is -2.45. The molecule has 1 aromatic rings. The van der Waals surface area contributed by atoms with E-state index in [1.165, 1.54) is 0 Å². The lowest BCUT2D eigenvalue weighted by atomic mass is 9.95. The third kappa shape index (κ3) is 4.13. The lowest BCUT2D eigenvalue weighted by Crippen LogP contribution is -2.57. The third-order valence-electron chi connectivity index (χ3n) is 7.62. The van der Waals surface area contributed by atoms with Crippen LogP contribution in [-0.2, 0) is 14.8 Å². The number of carbonyl (C=O) groups excluding carboxylic acids is 2. The zero-order valence-corrected chi connectivity index (χ0v) is 19.7. The van der Waals surface area contributed by atoms with Gasteiger partial charge in [0.1, 0.15) is 5.75 Å². The highest BCUT2D eigenvalue weighted by atomic mass is 32.2. The van der Waals surface area contributed by atoms with Gasteiger partial charge in [-0.1, -0.05) is 0 Å². The number of anilines is 1. The zero-order valence-electron chi connectivity index (χ0n) is 18.9. The van der Waals surface area contributed by atoms with Gasteiger partial charge in [-0.2, -0.15) is 4.31 Å². The van der Waals surface area contributed by atoms with Gasteiger partial charge in [-0.15, -0.1) is 0 Å². The maximum Gasteiger partial charge on any atom is 0.268 e. The Balaban J connectivity index is 1.39. The third-order valence-corrected chi connectivity index (χ3v) is 9.76. The first-order valence-corrected chi connectivity index (χ1v) is 13.5. The first-order chi connectivity index (χ1) is 15.7. The van der Waals surface area contributed by atoms with Gasteiger partial charge in [0.25, 0.3) is 5.91 Å². The van der Waals surface area contributed by atoms with Crippen molar-refractivity contribution in [3.05, 3.63) is 23.8 Å². The molecule has 2 bridgehead atoms. The van der Waals surface area contributed by atoms with E-state index in [1.54, 1.807) is 34.3 Å². The topological polar surface area (TPSA) is 122 Å². The van der Waals surface area contributed by atoms with E-state index in [-0.39, 0.29) is 35.7 Å². The van der Waals surface area contributed by atoms with E-state index in [4.69, 9.17) is 10.5 Å². The van der Waals surface area contributed by atoms with Crippen molar-refractivity contribution in [3.63, 3.8) is 0 Å². The Kier molecular flexibility index (Phi) is 5.86. The van der Waals surface area contributed by atoms with Crippen molar-refractivity contribution in [2.24, 2.45) is 11.7 Å². The van der Waals surface area contributed by atoms with Crippen LogP contribution in [0.5, 0.6) is 5.75 Å². The van der Waals surface area contributed by atoms with E-state index >= 15 is 0 Å². The SMILES string of the molecule is CC1Oc2ccc(C(N)=O)cc2N(C2CC3CCC(C2)N3S(=O)(=O)CC2CCNCC2)C1=O. The lowest BCUT2D eigenvalue weighted by molar-refractivity contribution is -0.126. The van der Waals surface area contributed by atoms with Gasteiger partial charge in [-0.25, -0.2) is 8.42 Å². The molecule has 0 aromatic heterocycles. The van der Waals surface area contributed by atoms with Crippen LogP contribution < -0.4 is 20.7 Å². The van der Waals surface area contributed by atoms with Crippen molar-refractivity contribution in [1.82, 2.24) is 9.62 Å². The summed E-state index contributed by atoms with van der Waals surface area (Å²) in [5.74, 6) is 0.224. The second-order valence-corrected chi connectivity index (χ2v) is 11.7. The number of fused-ring (bicyclic) bond motifs is 3. The number of nitrogens with two attached hydrogens (primary N) is 1. The normalized spacial score (nSPS) is 30.7. The highest BCUT2D eigenvalue weighted by Crippen LogP contribution is 2.44. The van der Waals surface area contributed by atoms with Crippen molar-refractivity contribution in [3.8, 4) is 5.75 Å². The summed E-state index contributed by atoms with van der Waals surface area (Å²) in [7, 11) is -3.36. The molecule has 0 spiro atoms. The molecule has 3 saturated heterocycles. The predicted molar refractivity (Wildman–Crippen MR) is 124 cm³/mol. The number of hydrogen-bond acceptors (Lipinski definition) is 6. The van der Waals surface area contributed by atoms with Crippen LogP contribution in [0.3, 0.4) is 0 Å². The summed E-state index contributed by atoms with van der Waals surface area (Å²) in [5.41, 5.74) is 6.33. The number of benzene rings is 1. The van der Waals surface area contributed by atoms with Gasteiger partial charge in [-0.05, 0) is 82.7 Å². The molecule has 1 aromatic carbocycles. The van der Waals surface area contributed by atoms with Crippen LogP contribution in [0, 0.1) is 5.92 Å². The Labute approximate surface area is 194 Å². The Bertz CT molecular complexity index is 1040. The smallest absolute Gasteiger partial charge is 0.268 e. The van der Waals surface area contributed by atoms with Crippen LogP contribution in [0.1, 0.15) is 55.8 Å². The van der Waals surface area contributed by atoms with E-state index in [1.807, 2.05) is 0 Å². The Morgan fingerprint density at radius 1 is 1.12 bits per heavy atom. The molecule has 5 rings (SSSR count). The molecule has 3 fully saturated rings. The highest BCUT2D eigenvalue weighted by Gasteiger charge is 2.50. The summed E-state index contributed by atoms with van der Waals surface area (Å²) in [5, 5.41) is 3.29. The second-order valence-electron chi connectivity index (χ2n) is 9.83. The number of nitrogens with zero attached hydrogens (tertiary/aromatic N) is 2. The molecule has 0 saturated carbocycles. The number of amides is 2. The number of carbonyl (C=O) groups is 2. The number of hydrogen-bond donors (Lipinski definition) is 2. The zero-order chi connectivity index (χ0) is 23.3. The molecule has 3 unspecified atom stereocenters. The van der Waals surface area contributed by atoms with E-state index in [0.717, 1.165) is 38.8 Å². The Hall–Kier alpha value is -2.17. The van der Waals surface area contributed by atoms with E-state index in [2.05, 4.69) is 5.32 Å². The monoisotopic (exact) mass is 476 g/mol. The average Bonchev–Trinajstić information content (AvgIpc) is 3.06. The minimum absolute atomic E-state index is 0.103. The summed E-state index contributed by atoms with van der Waals surface area (Å²) >= 11 is 0. The molecule has 3 atom stereocenters. The number of rotatable bonds is 5. The van der Waals surface area contributed by atoms with Crippen molar-refractivity contribution in [2.75, 3.05) is 23.7 Å². The standard InChI is InChI=1S/C23H32N4O5S/c1-14-23(29)26(20-10-16(22(24)28)2-5-21(20)32-14)19-11-17-3-4-18(12-19)27(17)33(30,31)13-15-6-8-25-9-7-15/h2,5,10,14-15,17-19,25H,3-4,6-9,11-13H2,1H3,(H2,24,28). The molecule has 0 aliphatic carbocycles. The molecule has 9 nitrogen and oxygen atoms in total. The summed E-state index contributed by atoms with van der Waals surface area (Å²) in [6.45, 7) is 3.46. The van der Waals surface area contributed by atoms with Crippen LogP contribution >= 0.6 is 0 Å². The maximum atomic E-state index is 13.4. The quantitative estimate of drug-likeness (QED) is 0.659. The maximum absolute atomic E-state index is 13.4. The van der Waals surface area contributed by atoms with Gasteiger partial charge in [-0.3, -0.25) is 9.59 Å². The molecule has 2 amide bonds. The second kappa shape index (κ2) is 8.56. The van der Waals surface area contributed by atoms with Crippen molar-refractivity contribution < 1.29 is 22.7 Å². The Morgan fingerprint density at radius 3 is 2.42 bits per heavy atom. The largest absolute Gasteiger partial charge is 0.479 e. The van der Waals surface area contributed by atoms with Crippen LogP contribution in [0.4, 0.5) is 5.69 Å². The first kappa shape index (κ1) is 22.6. The summed E-state index contributed by atoms with van der Waals surface area (Å²) in [4.78, 5) is 26.7. The van der Waals surface area contributed by atoms with Crippen LogP contribution in [0.15, 0.2) is 18.2 Å². The van der Waals surface area contributed by atoms with Gasteiger partial charge in [0.05, 0.1) is 11.4 Å². The molecule has 4 heterocycles. The van der Waals surface area contributed by atoms with Crippen molar-refractivity contribution in [2.45, 2.75) is 69.7 Å².